The molecule has 0 aliphatic heterocycles. The zero-order chi connectivity index (χ0) is 12.3. The van der Waals surface area contributed by atoms with Crippen molar-refractivity contribution in [1.82, 2.24) is 15.2 Å². The highest BCUT2D eigenvalue weighted by Gasteiger charge is 2.09. The Morgan fingerprint density at radius 3 is 3.00 bits per heavy atom. The van der Waals surface area contributed by atoms with Gasteiger partial charge in [0.15, 0.2) is 0 Å². The predicted molar refractivity (Wildman–Crippen MR) is 64.7 cm³/mol. The van der Waals surface area contributed by atoms with E-state index >= 15 is 0 Å². The Bertz CT molecular complexity index is 539. The molecule has 0 atom stereocenters. The topological polar surface area (TPSA) is 93.8 Å². The molecule has 0 radical (unpaired) electrons. The van der Waals surface area contributed by atoms with Crippen LogP contribution in [0.25, 0.3) is 0 Å². The van der Waals surface area contributed by atoms with Crippen LogP contribution < -0.4 is 11.1 Å². The summed E-state index contributed by atoms with van der Waals surface area (Å²) in [7, 11) is 0. The fraction of sp³-hybridized carbons (Fsp3) is 0.200. The standard InChI is InChI=1S/C10H11N5OS/c1-6-14-15-10(17-6)13-9(16)7-2-3-12-8(4-7)5-11/h2-4H,5,11H2,1H3,(H,13,15,16). The Kier molecular flexibility index (Phi) is 3.40. The molecular weight excluding hydrogens is 238 g/mol. The minimum absolute atomic E-state index is 0.238. The Hall–Kier alpha value is -1.86. The van der Waals surface area contributed by atoms with Gasteiger partial charge in [-0.3, -0.25) is 15.1 Å². The number of amides is 1. The SMILES string of the molecule is Cc1nnc(NC(=O)c2ccnc(CN)c2)s1. The third-order valence-corrected chi connectivity index (χ3v) is 2.79. The molecule has 0 fully saturated rings. The van der Waals surface area contributed by atoms with Gasteiger partial charge in [-0.05, 0) is 19.1 Å². The van der Waals surface area contributed by atoms with Crippen LogP contribution in [0.5, 0.6) is 0 Å². The molecule has 0 saturated heterocycles. The van der Waals surface area contributed by atoms with Gasteiger partial charge in [-0.2, -0.15) is 0 Å². The van der Waals surface area contributed by atoms with Gasteiger partial charge in [0.05, 0.1) is 5.69 Å². The van der Waals surface area contributed by atoms with Crippen molar-refractivity contribution in [3.63, 3.8) is 0 Å². The predicted octanol–water partition coefficient (Wildman–Crippen LogP) is 0.953. The number of pyridine rings is 1. The fourth-order valence-electron chi connectivity index (χ4n) is 1.25. The normalized spacial score (nSPS) is 10.2. The second-order valence-corrected chi connectivity index (χ2v) is 4.50. The third-order valence-electron chi connectivity index (χ3n) is 2.03. The first-order valence-electron chi connectivity index (χ1n) is 4.95. The molecule has 7 heteroatoms. The van der Waals surface area contributed by atoms with E-state index in [0.717, 1.165) is 5.01 Å². The second kappa shape index (κ2) is 4.98. The maximum Gasteiger partial charge on any atom is 0.257 e. The van der Waals surface area contributed by atoms with Gasteiger partial charge < -0.3 is 5.73 Å². The minimum Gasteiger partial charge on any atom is -0.325 e. The molecule has 0 spiro atoms. The van der Waals surface area contributed by atoms with Crippen LogP contribution in [0, 0.1) is 6.92 Å². The van der Waals surface area contributed by atoms with Crippen molar-refractivity contribution in [3.8, 4) is 0 Å². The number of hydrogen-bond acceptors (Lipinski definition) is 6. The molecule has 0 unspecified atom stereocenters. The first-order chi connectivity index (χ1) is 8.19. The fourth-order valence-corrected chi connectivity index (χ4v) is 1.83. The van der Waals surface area contributed by atoms with Gasteiger partial charge in [-0.15, -0.1) is 10.2 Å². The quantitative estimate of drug-likeness (QED) is 0.844. The zero-order valence-electron chi connectivity index (χ0n) is 9.17. The number of aromatic nitrogens is 3. The lowest BCUT2D eigenvalue weighted by Gasteiger charge is -2.02. The number of carbonyl (C=O) groups excluding carboxylic acids is 1. The summed E-state index contributed by atoms with van der Waals surface area (Å²) in [6, 6.07) is 3.28. The molecule has 88 valence electrons. The highest BCUT2D eigenvalue weighted by molar-refractivity contribution is 7.15. The summed E-state index contributed by atoms with van der Waals surface area (Å²) in [5, 5.41) is 11.6. The van der Waals surface area contributed by atoms with Gasteiger partial charge in [0.1, 0.15) is 5.01 Å². The minimum atomic E-state index is -0.238. The van der Waals surface area contributed by atoms with E-state index in [0.29, 0.717) is 22.9 Å². The van der Waals surface area contributed by atoms with Crippen molar-refractivity contribution in [2.45, 2.75) is 13.5 Å². The largest absolute Gasteiger partial charge is 0.325 e. The van der Waals surface area contributed by atoms with Gasteiger partial charge >= 0.3 is 0 Å². The molecule has 0 saturated carbocycles. The molecule has 2 aromatic rings. The van der Waals surface area contributed by atoms with Gasteiger partial charge in [-0.1, -0.05) is 11.3 Å². The molecule has 2 rings (SSSR count). The molecule has 0 aliphatic carbocycles. The average molecular weight is 249 g/mol. The lowest BCUT2D eigenvalue weighted by molar-refractivity contribution is 0.102. The summed E-state index contributed by atoms with van der Waals surface area (Å²) in [6.45, 7) is 2.13. The molecule has 17 heavy (non-hydrogen) atoms. The maximum absolute atomic E-state index is 11.9. The van der Waals surface area contributed by atoms with Crippen molar-refractivity contribution < 1.29 is 4.79 Å². The van der Waals surface area contributed by atoms with E-state index in [1.54, 1.807) is 18.3 Å². The summed E-state index contributed by atoms with van der Waals surface area (Å²) in [5.74, 6) is -0.238. The second-order valence-electron chi connectivity index (χ2n) is 3.32. The molecule has 1 amide bonds. The Balaban J connectivity index is 2.14. The van der Waals surface area contributed by atoms with Crippen LogP contribution in [0.2, 0.25) is 0 Å². The molecular formula is C10H11N5OS. The van der Waals surface area contributed by atoms with Crippen LogP contribution in [0.3, 0.4) is 0 Å². The zero-order valence-corrected chi connectivity index (χ0v) is 9.99. The number of nitrogens with two attached hydrogens (primary N) is 1. The van der Waals surface area contributed by atoms with Crippen LogP contribution in [-0.4, -0.2) is 21.1 Å². The molecule has 3 N–H and O–H groups in total. The Labute approximate surface area is 102 Å². The Morgan fingerprint density at radius 2 is 2.35 bits per heavy atom. The van der Waals surface area contributed by atoms with Crippen molar-refractivity contribution in [2.24, 2.45) is 5.73 Å². The number of carbonyl (C=O) groups is 1. The number of hydrogen-bond donors (Lipinski definition) is 2. The number of nitrogens with one attached hydrogen (secondary N) is 1. The van der Waals surface area contributed by atoms with Crippen LogP contribution in [-0.2, 0) is 6.54 Å². The van der Waals surface area contributed by atoms with E-state index in [9.17, 15) is 4.79 Å². The van der Waals surface area contributed by atoms with E-state index < -0.39 is 0 Å². The number of anilines is 1. The lowest BCUT2D eigenvalue weighted by atomic mass is 10.2. The van der Waals surface area contributed by atoms with E-state index in [1.807, 2.05) is 6.92 Å². The van der Waals surface area contributed by atoms with Gasteiger partial charge in [0, 0.05) is 18.3 Å². The van der Waals surface area contributed by atoms with Crippen molar-refractivity contribution in [1.29, 1.82) is 0 Å². The van der Waals surface area contributed by atoms with Crippen LogP contribution >= 0.6 is 11.3 Å². The van der Waals surface area contributed by atoms with Crippen molar-refractivity contribution in [3.05, 3.63) is 34.6 Å². The maximum atomic E-state index is 11.9. The van der Waals surface area contributed by atoms with Crippen LogP contribution in [0.15, 0.2) is 18.3 Å². The monoisotopic (exact) mass is 249 g/mol. The first-order valence-corrected chi connectivity index (χ1v) is 5.77. The Morgan fingerprint density at radius 1 is 1.53 bits per heavy atom. The summed E-state index contributed by atoms with van der Waals surface area (Å²) in [5.41, 5.74) is 6.64. The van der Waals surface area contributed by atoms with Crippen LogP contribution in [0.4, 0.5) is 5.13 Å². The smallest absolute Gasteiger partial charge is 0.257 e. The molecule has 0 bridgehead atoms. The molecule has 0 aliphatic rings. The molecule has 0 aromatic carbocycles. The van der Waals surface area contributed by atoms with E-state index in [2.05, 4.69) is 20.5 Å². The van der Waals surface area contributed by atoms with Gasteiger partial charge in [0.2, 0.25) is 5.13 Å². The summed E-state index contributed by atoms with van der Waals surface area (Å²) in [6.07, 6.45) is 1.56. The van der Waals surface area contributed by atoms with E-state index in [1.165, 1.54) is 11.3 Å². The van der Waals surface area contributed by atoms with Crippen molar-refractivity contribution >= 4 is 22.4 Å². The first kappa shape index (κ1) is 11.6. The van der Waals surface area contributed by atoms with E-state index in [4.69, 9.17) is 5.73 Å². The van der Waals surface area contributed by atoms with Gasteiger partial charge in [0.25, 0.3) is 5.91 Å². The summed E-state index contributed by atoms with van der Waals surface area (Å²) < 4.78 is 0. The third kappa shape index (κ3) is 2.83. The van der Waals surface area contributed by atoms with E-state index in [-0.39, 0.29) is 5.91 Å². The lowest BCUT2D eigenvalue weighted by Crippen LogP contribution is -2.13. The highest BCUT2D eigenvalue weighted by Crippen LogP contribution is 2.14. The number of aryl methyl sites for hydroxylation is 1. The van der Waals surface area contributed by atoms with Gasteiger partial charge in [-0.25, -0.2) is 0 Å². The van der Waals surface area contributed by atoms with Crippen LogP contribution in [0.1, 0.15) is 21.1 Å². The highest BCUT2D eigenvalue weighted by atomic mass is 32.1. The molecule has 2 heterocycles. The summed E-state index contributed by atoms with van der Waals surface area (Å²) in [4.78, 5) is 15.9. The van der Waals surface area contributed by atoms with Crippen molar-refractivity contribution in [2.75, 3.05) is 5.32 Å². The number of nitrogens with zero attached hydrogens (tertiary/aromatic N) is 3. The molecule has 2 aromatic heterocycles. The summed E-state index contributed by atoms with van der Waals surface area (Å²) >= 11 is 1.33. The average Bonchev–Trinajstić information content (AvgIpc) is 2.75. The molecule has 6 nitrogen and oxygen atoms in total. The number of rotatable bonds is 3.